The smallest absolute Gasteiger partial charge is 0.191 e. The molecule has 0 aromatic carbocycles. The number of nitrogens with one attached hydrogen (secondary N) is 2. The molecule has 126 valence electrons. The molecule has 0 amide bonds. The summed E-state index contributed by atoms with van der Waals surface area (Å²) in [5.41, 5.74) is 0. The summed E-state index contributed by atoms with van der Waals surface area (Å²) in [7, 11) is 1.73. The van der Waals surface area contributed by atoms with Crippen LogP contribution in [0.15, 0.2) is 4.99 Å². The summed E-state index contributed by atoms with van der Waals surface area (Å²) in [6.07, 6.45) is 3.93. The minimum atomic E-state index is 0. The van der Waals surface area contributed by atoms with Crippen molar-refractivity contribution in [2.75, 3.05) is 39.9 Å². The Bertz CT molecular complexity index is 289. The van der Waals surface area contributed by atoms with Gasteiger partial charge in [0.25, 0.3) is 0 Å². The Morgan fingerprint density at radius 2 is 2.14 bits per heavy atom. The lowest BCUT2D eigenvalue weighted by Gasteiger charge is -2.34. The van der Waals surface area contributed by atoms with Crippen LogP contribution in [0.1, 0.15) is 40.0 Å². The first-order valence-corrected chi connectivity index (χ1v) is 7.99. The number of ether oxygens (including phenoxy) is 1. The van der Waals surface area contributed by atoms with E-state index in [-0.39, 0.29) is 30.0 Å². The zero-order chi connectivity index (χ0) is 14.8. The Morgan fingerprint density at radius 1 is 1.38 bits per heavy atom. The number of methoxy groups -OCH3 is 1. The third kappa shape index (κ3) is 8.21. The van der Waals surface area contributed by atoms with E-state index >= 15 is 0 Å². The van der Waals surface area contributed by atoms with E-state index in [9.17, 15) is 0 Å². The highest BCUT2D eigenvalue weighted by atomic mass is 127. The molecule has 0 aromatic heterocycles. The Morgan fingerprint density at radius 3 is 2.76 bits per heavy atom. The Kier molecular flexibility index (Phi) is 12.4. The summed E-state index contributed by atoms with van der Waals surface area (Å²) < 4.78 is 5.16. The first-order chi connectivity index (χ1) is 9.71. The Labute approximate surface area is 147 Å². The molecule has 2 atom stereocenters. The maximum atomic E-state index is 5.16. The van der Waals surface area contributed by atoms with Gasteiger partial charge in [-0.15, -0.1) is 24.0 Å². The van der Waals surface area contributed by atoms with Crippen molar-refractivity contribution in [2.24, 2.45) is 4.99 Å². The van der Waals surface area contributed by atoms with Gasteiger partial charge in [-0.1, -0.05) is 13.3 Å². The van der Waals surface area contributed by atoms with Gasteiger partial charge in [0.15, 0.2) is 5.96 Å². The van der Waals surface area contributed by atoms with Crippen molar-refractivity contribution in [3.63, 3.8) is 0 Å². The van der Waals surface area contributed by atoms with Crippen molar-refractivity contribution < 1.29 is 4.74 Å². The molecule has 21 heavy (non-hydrogen) atoms. The third-order valence-corrected chi connectivity index (χ3v) is 3.76. The predicted molar refractivity (Wildman–Crippen MR) is 101 cm³/mol. The lowest BCUT2D eigenvalue weighted by atomic mass is 10.0. The highest BCUT2D eigenvalue weighted by Crippen LogP contribution is 2.16. The van der Waals surface area contributed by atoms with Crippen LogP contribution in [0.4, 0.5) is 0 Å². The van der Waals surface area contributed by atoms with E-state index in [0.717, 1.165) is 25.6 Å². The van der Waals surface area contributed by atoms with Gasteiger partial charge in [-0.05, 0) is 39.8 Å². The summed E-state index contributed by atoms with van der Waals surface area (Å²) in [6, 6.07) is 0.869. The minimum absolute atomic E-state index is 0. The molecule has 6 heteroatoms. The second-order valence-corrected chi connectivity index (χ2v) is 5.50. The van der Waals surface area contributed by atoms with E-state index in [0.29, 0.717) is 12.6 Å². The van der Waals surface area contributed by atoms with Crippen LogP contribution in [0, 0.1) is 0 Å². The summed E-state index contributed by atoms with van der Waals surface area (Å²) in [6.45, 7) is 11.2. The molecule has 5 nitrogen and oxygen atoms in total. The van der Waals surface area contributed by atoms with Gasteiger partial charge in [0.1, 0.15) is 0 Å². The number of hydrogen-bond acceptors (Lipinski definition) is 3. The van der Waals surface area contributed by atoms with Crippen LogP contribution in [-0.4, -0.2) is 62.8 Å². The number of nitrogens with zero attached hydrogens (tertiary/aromatic N) is 2. The molecule has 0 aromatic rings. The fraction of sp³-hybridized carbons (Fsp3) is 0.933. The average molecular weight is 412 g/mol. The molecule has 1 fully saturated rings. The van der Waals surface area contributed by atoms with Crippen LogP contribution in [-0.2, 0) is 4.74 Å². The molecule has 1 aliphatic rings. The minimum Gasteiger partial charge on any atom is -0.383 e. The average Bonchev–Trinajstić information content (AvgIpc) is 2.45. The van der Waals surface area contributed by atoms with Crippen LogP contribution in [0.2, 0.25) is 0 Å². The number of likely N-dealkylation sites (tertiary alicyclic amines) is 1. The van der Waals surface area contributed by atoms with Gasteiger partial charge in [-0.3, -0.25) is 9.89 Å². The number of piperidine rings is 1. The molecule has 2 N–H and O–H groups in total. The molecule has 2 unspecified atom stereocenters. The van der Waals surface area contributed by atoms with Crippen molar-refractivity contribution in [1.29, 1.82) is 0 Å². The molecule has 1 rings (SSSR count). The van der Waals surface area contributed by atoms with Crippen molar-refractivity contribution in [2.45, 2.75) is 52.1 Å². The maximum absolute atomic E-state index is 5.16. The zero-order valence-electron chi connectivity index (χ0n) is 14.0. The van der Waals surface area contributed by atoms with Gasteiger partial charge in [0.05, 0.1) is 13.2 Å². The monoisotopic (exact) mass is 412 g/mol. The largest absolute Gasteiger partial charge is 0.383 e. The van der Waals surface area contributed by atoms with Crippen molar-refractivity contribution in [1.82, 2.24) is 15.5 Å². The lowest BCUT2D eigenvalue weighted by molar-refractivity contribution is 0.161. The highest BCUT2D eigenvalue weighted by molar-refractivity contribution is 14.0. The Balaban J connectivity index is 0.00000400. The SMILES string of the molecule is CCNC(=NCC1CCCCN1CC)NC(C)COC.I. The van der Waals surface area contributed by atoms with E-state index in [2.05, 4.69) is 36.3 Å². The van der Waals surface area contributed by atoms with Gasteiger partial charge in [-0.25, -0.2) is 0 Å². The molecule has 0 bridgehead atoms. The van der Waals surface area contributed by atoms with E-state index in [1.165, 1.54) is 25.8 Å². The van der Waals surface area contributed by atoms with Gasteiger partial charge < -0.3 is 15.4 Å². The molecule has 0 spiro atoms. The number of guanidine groups is 1. The molecule has 1 saturated heterocycles. The van der Waals surface area contributed by atoms with Crippen LogP contribution in [0.5, 0.6) is 0 Å². The summed E-state index contributed by atoms with van der Waals surface area (Å²) >= 11 is 0. The van der Waals surface area contributed by atoms with E-state index < -0.39 is 0 Å². The lowest BCUT2D eigenvalue weighted by Crippen LogP contribution is -2.46. The molecule has 1 aliphatic heterocycles. The Hall–Kier alpha value is -0.0800. The number of hydrogen-bond donors (Lipinski definition) is 2. The van der Waals surface area contributed by atoms with Gasteiger partial charge in [0, 0.05) is 25.7 Å². The number of halogens is 1. The van der Waals surface area contributed by atoms with E-state index in [1.807, 2.05) is 0 Å². The van der Waals surface area contributed by atoms with Crippen LogP contribution >= 0.6 is 24.0 Å². The first kappa shape index (κ1) is 20.9. The number of aliphatic imine (C=N–C) groups is 1. The fourth-order valence-corrected chi connectivity index (χ4v) is 2.72. The first-order valence-electron chi connectivity index (χ1n) is 7.99. The standard InChI is InChI=1S/C15H32N4O.HI/c1-5-16-15(18-13(3)12-20-4)17-11-14-9-7-8-10-19(14)6-2;/h13-14H,5-12H2,1-4H3,(H2,16,17,18);1H. The second kappa shape index (κ2) is 12.5. The van der Waals surface area contributed by atoms with Gasteiger partial charge in [0.2, 0.25) is 0 Å². The quantitative estimate of drug-likeness (QED) is 0.382. The van der Waals surface area contributed by atoms with Crippen LogP contribution < -0.4 is 10.6 Å². The highest BCUT2D eigenvalue weighted by Gasteiger charge is 2.20. The number of rotatable bonds is 7. The predicted octanol–water partition coefficient (Wildman–Crippen LogP) is 2.07. The fourth-order valence-electron chi connectivity index (χ4n) is 2.72. The van der Waals surface area contributed by atoms with Crippen LogP contribution in [0.25, 0.3) is 0 Å². The maximum Gasteiger partial charge on any atom is 0.191 e. The van der Waals surface area contributed by atoms with E-state index in [1.54, 1.807) is 7.11 Å². The van der Waals surface area contributed by atoms with Gasteiger partial charge in [-0.2, -0.15) is 0 Å². The summed E-state index contributed by atoms with van der Waals surface area (Å²) in [5, 5.41) is 6.70. The molecular weight excluding hydrogens is 379 g/mol. The van der Waals surface area contributed by atoms with Gasteiger partial charge >= 0.3 is 0 Å². The molecule has 0 radical (unpaired) electrons. The molecule has 0 aliphatic carbocycles. The zero-order valence-corrected chi connectivity index (χ0v) is 16.4. The molecular formula is C15H33IN4O. The summed E-state index contributed by atoms with van der Waals surface area (Å²) in [5.74, 6) is 0.902. The van der Waals surface area contributed by atoms with Crippen LogP contribution in [0.3, 0.4) is 0 Å². The van der Waals surface area contributed by atoms with Crippen molar-refractivity contribution in [3.05, 3.63) is 0 Å². The van der Waals surface area contributed by atoms with Crippen molar-refractivity contribution in [3.8, 4) is 0 Å². The topological polar surface area (TPSA) is 48.9 Å². The molecule has 0 saturated carbocycles. The summed E-state index contributed by atoms with van der Waals surface area (Å²) in [4.78, 5) is 7.31. The second-order valence-electron chi connectivity index (χ2n) is 5.50. The number of likely N-dealkylation sites (N-methyl/N-ethyl adjacent to an activating group) is 1. The third-order valence-electron chi connectivity index (χ3n) is 3.76. The normalized spacial score (nSPS) is 21.5. The molecule has 1 heterocycles. The van der Waals surface area contributed by atoms with E-state index in [4.69, 9.17) is 9.73 Å². The van der Waals surface area contributed by atoms with Crippen molar-refractivity contribution >= 4 is 29.9 Å².